The number of nitrogens with zero attached hydrogens (tertiary/aromatic N) is 2. The Morgan fingerprint density at radius 3 is 2.69 bits per heavy atom. The van der Waals surface area contributed by atoms with Crippen LogP contribution in [0, 0.1) is 0 Å². The Bertz CT molecular complexity index is 459. The molecule has 0 saturated carbocycles. The standard InChI is InChI=1S/C12H14ClN3/c1-9(14)12-6-15-8-16(12)7-10-2-4-11(13)5-3-10/h2-6,8-9H,7,14H2,1H3/t9-/m1/s1. The van der Waals surface area contributed by atoms with Crippen LogP contribution < -0.4 is 5.73 Å². The number of imidazole rings is 1. The van der Waals surface area contributed by atoms with Crippen LogP contribution >= 0.6 is 11.6 Å². The fraction of sp³-hybridized carbons (Fsp3) is 0.250. The van der Waals surface area contributed by atoms with Crippen LogP contribution in [0.5, 0.6) is 0 Å². The Morgan fingerprint density at radius 1 is 1.38 bits per heavy atom. The third-order valence-electron chi connectivity index (χ3n) is 2.48. The molecule has 2 N–H and O–H groups in total. The second-order valence-electron chi connectivity index (χ2n) is 3.86. The van der Waals surface area contributed by atoms with Gasteiger partial charge in [-0.25, -0.2) is 4.98 Å². The van der Waals surface area contributed by atoms with E-state index in [4.69, 9.17) is 17.3 Å². The minimum atomic E-state index is -0.00481. The summed E-state index contributed by atoms with van der Waals surface area (Å²) in [6.45, 7) is 2.73. The summed E-state index contributed by atoms with van der Waals surface area (Å²) in [5.41, 5.74) is 8.08. The van der Waals surface area contributed by atoms with Crippen molar-refractivity contribution in [2.24, 2.45) is 5.73 Å². The van der Waals surface area contributed by atoms with Gasteiger partial charge in [0.15, 0.2) is 0 Å². The zero-order valence-corrected chi connectivity index (χ0v) is 9.85. The Kier molecular flexibility index (Phi) is 3.27. The second kappa shape index (κ2) is 4.68. The van der Waals surface area contributed by atoms with Crippen LogP contribution in [0.4, 0.5) is 0 Å². The maximum atomic E-state index is 5.85. The number of benzene rings is 1. The summed E-state index contributed by atoms with van der Waals surface area (Å²) < 4.78 is 2.05. The van der Waals surface area contributed by atoms with Crippen LogP contribution in [0.15, 0.2) is 36.8 Å². The van der Waals surface area contributed by atoms with Crippen molar-refractivity contribution in [2.45, 2.75) is 19.5 Å². The molecular formula is C12H14ClN3. The number of nitrogens with two attached hydrogens (primary N) is 1. The van der Waals surface area contributed by atoms with Crippen molar-refractivity contribution in [3.8, 4) is 0 Å². The quantitative estimate of drug-likeness (QED) is 0.889. The first kappa shape index (κ1) is 11.2. The summed E-state index contributed by atoms with van der Waals surface area (Å²) >= 11 is 5.84. The molecule has 1 heterocycles. The van der Waals surface area contributed by atoms with E-state index in [1.54, 1.807) is 12.5 Å². The van der Waals surface area contributed by atoms with Crippen LogP contribution in [0.3, 0.4) is 0 Å². The summed E-state index contributed by atoms with van der Waals surface area (Å²) in [4.78, 5) is 4.11. The van der Waals surface area contributed by atoms with E-state index in [9.17, 15) is 0 Å². The molecule has 16 heavy (non-hydrogen) atoms. The van der Waals surface area contributed by atoms with Crippen LogP contribution in [0.2, 0.25) is 5.02 Å². The fourth-order valence-corrected chi connectivity index (χ4v) is 1.75. The molecule has 4 heteroatoms. The molecule has 2 aromatic rings. The summed E-state index contributed by atoms with van der Waals surface area (Å²) in [5, 5.41) is 0.752. The topological polar surface area (TPSA) is 43.8 Å². The summed E-state index contributed by atoms with van der Waals surface area (Å²) in [5.74, 6) is 0. The molecule has 0 aliphatic carbocycles. The van der Waals surface area contributed by atoms with Crippen molar-refractivity contribution in [1.82, 2.24) is 9.55 Å². The number of hydrogen-bond donors (Lipinski definition) is 1. The smallest absolute Gasteiger partial charge is 0.0951 e. The molecule has 0 fully saturated rings. The second-order valence-corrected chi connectivity index (χ2v) is 4.30. The summed E-state index contributed by atoms with van der Waals surface area (Å²) in [7, 11) is 0. The van der Waals surface area contributed by atoms with E-state index < -0.39 is 0 Å². The fourth-order valence-electron chi connectivity index (χ4n) is 1.63. The molecule has 0 saturated heterocycles. The molecule has 84 valence electrons. The van der Waals surface area contributed by atoms with Gasteiger partial charge in [0, 0.05) is 23.8 Å². The molecule has 1 aromatic heterocycles. The van der Waals surface area contributed by atoms with Gasteiger partial charge >= 0.3 is 0 Å². The first-order valence-electron chi connectivity index (χ1n) is 5.17. The van der Waals surface area contributed by atoms with Crippen molar-refractivity contribution >= 4 is 11.6 Å². The van der Waals surface area contributed by atoms with Crippen molar-refractivity contribution < 1.29 is 0 Å². The lowest BCUT2D eigenvalue weighted by atomic mass is 10.2. The lowest BCUT2D eigenvalue weighted by Crippen LogP contribution is -2.12. The van der Waals surface area contributed by atoms with E-state index in [1.807, 2.05) is 35.8 Å². The SMILES string of the molecule is C[C@@H](N)c1cncn1Cc1ccc(Cl)cc1. The Hall–Kier alpha value is -1.32. The average molecular weight is 236 g/mol. The van der Waals surface area contributed by atoms with Gasteiger partial charge in [-0.2, -0.15) is 0 Å². The van der Waals surface area contributed by atoms with Crippen LogP contribution in [0.1, 0.15) is 24.2 Å². The molecule has 0 spiro atoms. The highest BCUT2D eigenvalue weighted by Crippen LogP contribution is 2.14. The highest BCUT2D eigenvalue weighted by atomic mass is 35.5. The first-order chi connectivity index (χ1) is 7.66. The first-order valence-corrected chi connectivity index (χ1v) is 5.54. The van der Waals surface area contributed by atoms with E-state index in [2.05, 4.69) is 4.98 Å². The predicted octanol–water partition coefficient (Wildman–Crippen LogP) is 2.60. The highest BCUT2D eigenvalue weighted by Gasteiger charge is 2.06. The van der Waals surface area contributed by atoms with E-state index >= 15 is 0 Å². The molecule has 0 aliphatic heterocycles. The van der Waals surface area contributed by atoms with Crippen molar-refractivity contribution in [3.63, 3.8) is 0 Å². The molecule has 0 bridgehead atoms. The van der Waals surface area contributed by atoms with Crippen LogP contribution in [0.25, 0.3) is 0 Å². The van der Waals surface area contributed by atoms with Gasteiger partial charge in [0.25, 0.3) is 0 Å². The normalized spacial score (nSPS) is 12.7. The number of rotatable bonds is 3. The molecule has 0 amide bonds. The third kappa shape index (κ3) is 2.43. The Balaban J connectivity index is 2.20. The van der Waals surface area contributed by atoms with E-state index in [0.717, 1.165) is 17.3 Å². The number of halogens is 1. The van der Waals surface area contributed by atoms with E-state index in [0.29, 0.717) is 0 Å². The molecular weight excluding hydrogens is 222 g/mol. The van der Waals surface area contributed by atoms with Crippen molar-refractivity contribution in [1.29, 1.82) is 0 Å². The van der Waals surface area contributed by atoms with Crippen LogP contribution in [-0.2, 0) is 6.54 Å². The molecule has 1 atom stereocenters. The number of hydrogen-bond acceptors (Lipinski definition) is 2. The zero-order valence-electron chi connectivity index (χ0n) is 9.10. The Morgan fingerprint density at radius 2 is 2.06 bits per heavy atom. The van der Waals surface area contributed by atoms with Gasteiger partial charge in [0.1, 0.15) is 0 Å². The largest absolute Gasteiger partial charge is 0.329 e. The van der Waals surface area contributed by atoms with E-state index in [-0.39, 0.29) is 6.04 Å². The minimum Gasteiger partial charge on any atom is -0.329 e. The maximum absolute atomic E-state index is 5.85. The van der Waals surface area contributed by atoms with Gasteiger partial charge in [-0.1, -0.05) is 23.7 Å². The van der Waals surface area contributed by atoms with Gasteiger partial charge in [0.2, 0.25) is 0 Å². The molecule has 0 aliphatic rings. The molecule has 3 nitrogen and oxygen atoms in total. The minimum absolute atomic E-state index is 0.00481. The summed E-state index contributed by atoms with van der Waals surface area (Å²) in [6, 6.07) is 7.79. The maximum Gasteiger partial charge on any atom is 0.0951 e. The molecule has 1 aromatic carbocycles. The van der Waals surface area contributed by atoms with Gasteiger partial charge in [-0.15, -0.1) is 0 Å². The van der Waals surface area contributed by atoms with Gasteiger partial charge < -0.3 is 10.3 Å². The summed E-state index contributed by atoms with van der Waals surface area (Å²) in [6.07, 6.45) is 3.61. The predicted molar refractivity (Wildman–Crippen MR) is 65.4 cm³/mol. The highest BCUT2D eigenvalue weighted by molar-refractivity contribution is 6.30. The third-order valence-corrected chi connectivity index (χ3v) is 2.73. The van der Waals surface area contributed by atoms with Crippen molar-refractivity contribution in [2.75, 3.05) is 0 Å². The van der Waals surface area contributed by atoms with E-state index in [1.165, 1.54) is 5.56 Å². The average Bonchev–Trinajstić information content (AvgIpc) is 2.69. The van der Waals surface area contributed by atoms with Gasteiger partial charge in [-0.05, 0) is 24.6 Å². The lowest BCUT2D eigenvalue weighted by Gasteiger charge is -2.10. The Labute approximate surface area is 99.9 Å². The van der Waals surface area contributed by atoms with Crippen molar-refractivity contribution in [3.05, 3.63) is 53.1 Å². The van der Waals surface area contributed by atoms with Gasteiger partial charge in [0.05, 0.1) is 12.0 Å². The zero-order chi connectivity index (χ0) is 11.5. The lowest BCUT2D eigenvalue weighted by molar-refractivity contribution is 0.674. The monoisotopic (exact) mass is 235 g/mol. The van der Waals surface area contributed by atoms with Gasteiger partial charge in [-0.3, -0.25) is 0 Å². The number of aromatic nitrogens is 2. The molecule has 2 rings (SSSR count). The molecule has 0 radical (unpaired) electrons. The van der Waals surface area contributed by atoms with Crippen LogP contribution in [-0.4, -0.2) is 9.55 Å². The molecule has 0 unspecified atom stereocenters.